The monoisotopic (exact) mass is 424 g/mol. The van der Waals surface area contributed by atoms with Crippen LogP contribution in [0.2, 0.25) is 0 Å². The fourth-order valence-electron chi connectivity index (χ4n) is 3.30. The quantitative estimate of drug-likeness (QED) is 0.428. The highest BCUT2D eigenvalue weighted by atomic mass is 32.2. The number of sulfone groups is 1. The lowest BCUT2D eigenvalue weighted by Crippen LogP contribution is -2.54. The van der Waals surface area contributed by atoms with Gasteiger partial charge in [-0.05, 0) is 26.2 Å². The van der Waals surface area contributed by atoms with Crippen molar-refractivity contribution in [2.24, 2.45) is 10.9 Å². The van der Waals surface area contributed by atoms with Crippen molar-refractivity contribution in [3.05, 3.63) is 0 Å². The molecule has 0 aromatic heterocycles. The number of rotatable bonds is 7. The minimum Gasteiger partial charge on any atom is -0.378 e. The van der Waals surface area contributed by atoms with Gasteiger partial charge in [-0.15, -0.1) is 0 Å². The van der Waals surface area contributed by atoms with Crippen molar-refractivity contribution in [2.75, 3.05) is 63.6 Å². The Bertz CT molecular complexity index is 713. The number of nitrogens with one attached hydrogen (secondary N) is 1. The summed E-state index contributed by atoms with van der Waals surface area (Å²) in [6.45, 7) is 6.44. The Labute approximate surface area is 163 Å². The lowest BCUT2D eigenvalue weighted by molar-refractivity contribution is 0.0904. The average molecular weight is 425 g/mol. The normalized spacial score (nSPS) is 24.5. The molecule has 0 amide bonds. The summed E-state index contributed by atoms with van der Waals surface area (Å²) in [4.78, 5) is 6.27. The van der Waals surface area contributed by atoms with Gasteiger partial charge in [-0.3, -0.25) is 4.99 Å². The van der Waals surface area contributed by atoms with Gasteiger partial charge in [0.25, 0.3) is 0 Å². The number of piperazine rings is 1. The molecule has 2 aliphatic heterocycles. The maximum Gasteiger partial charge on any atom is 0.216 e. The van der Waals surface area contributed by atoms with Crippen LogP contribution in [0.25, 0.3) is 0 Å². The molecule has 2 saturated heterocycles. The predicted octanol–water partition coefficient (Wildman–Crippen LogP) is -0.631. The number of hydrogen-bond donors (Lipinski definition) is 1. The van der Waals surface area contributed by atoms with E-state index in [4.69, 9.17) is 4.74 Å². The smallest absolute Gasteiger partial charge is 0.216 e. The minimum absolute atomic E-state index is 0.00565. The highest BCUT2D eigenvalue weighted by Gasteiger charge is 2.30. The van der Waals surface area contributed by atoms with Crippen LogP contribution < -0.4 is 5.32 Å². The third-order valence-corrected chi connectivity index (χ3v) is 8.48. The van der Waals surface area contributed by atoms with E-state index < -0.39 is 19.9 Å². The van der Waals surface area contributed by atoms with E-state index in [1.165, 1.54) is 4.31 Å². The summed E-state index contributed by atoms with van der Waals surface area (Å²) in [7, 11) is -4.53. The fraction of sp³-hybridized carbons (Fsp3) is 0.938. The second kappa shape index (κ2) is 9.53. The summed E-state index contributed by atoms with van der Waals surface area (Å²) >= 11 is 0. The van der Waals surface area contributed by atoms with Crippen molar-refractivity contribution < 1.29 is 21.6 Å². The molecule has 0 aromatic rings. The third kappa shape index (κ3) is 6.88. The maximum absolute atomic E-state index is 12.4. The van der Waals surface area contributed by atoms with Crippen molar-refractivity contribution in [3.8, 4) is 0 Å². The zero-order valence-corrected chi connectivity index (χ0v) is 18.1. The van der Waals surface area contributed by atoms with Crippen LogP contribution in [-0.4, -0.2) is 102 Å². The Kier molecular flexibility index (Phi) is 7.90. The molecule has 1 atom stereocenters. The molecule has 0 aromatic carbocycles. The number of guanidine groups is 1. The van der Waals surface area contributed by atoms with Gasteiger partial charge < -0.3 is 15.0 Å². The molecule has 2 rings (SSSR count). The topological polar surface area (TPSA) is 108 Å². The van der Waals surface area contributed by atoms with Crippen LogP contribution in [0.3, 0.4) is 0 Å². The van der Waals surface area contributed by atoms with E-state index in [0.29, 0.717) is 45.1 Å². The van der Waals surface area contributed by atoms with E-state index in [-0.39, 0.29) is 35.9 Å². The molecule has 0 saturated carbocycles. The molecule has 1 unspecified atom stereocenters. The first kappa shape index (κ1) is 22.4. The second-order valence-electron chi connectivity index (χ2n) is 7.32. The summed E-state index contributed by atoms with van der Waals surface area (Å²) in [6, 6.07) is 0. The van der Waals surface area contributed by atoms with Crippen LogP contribution in [-0.2, 0) is 24.6 Å². The molecule has 0 spiro atoms. The van der Waals surface area contributed by atoms with Crippen molar-refractivity contribution in [1.29, 1.82) is 0 Å². The van der Waals surface area contributed by atoms with Gasteiger partial charge in [0.15, 0.2) is 15.8 Å². The molecule has 9 nitrogen and oxygen atoms in total. The molecule has 0 aliphatic carbocycles. The molecule has 1 N–H and O–H groups in total. The van der Waals surface area contributed by atoms with Crippen LogP contribution in [0.15, 0.2) is 4.99 Å². The Morgan fingerprint density at radius 1 is 1.26 bits per heavy atom. The predicted molar refractivity (Wildman–Crippen MR) is 106 cm³/mol. The molecule has 2 heterocycles. The molecule has 158 valence electrons. The average Bonchev–Trinajstić information content (AvgIpc) is 2.94. The summed E-state index contributed by atoms with van der Waals surface area (Å²) in [6.07, 6.45) is 0.692. The summed E-state index contributed by atoms with van der Waals surface area (Å²) in [5.41, 5.74) is 0. The van der Waals surface area contributed by atoms with E-state index in [1.54, 1.807) is 7.05 Å². The largest absolute Gasteiger partial charge is 0.378 e. The minimum atomic E-state index is -3.32. The van der Waals surface area contributed by atoms with Crippen LogP contribution in [0.4, 0.5) is 0 Å². The highest BCUT2D eigenvalue weighted by Crippen LogP contribution is 2.17. The van der Waals surface area contributed by atoms with Crippen LogP contribution in [0.1, 0.15) is 20.3 Å². The Balaban J connectivity index is 1.79. The summed E-state index contributed by atoms with van der Waals surface area (Å²) < 4.78 is 54.8. The van der Waals surface area contributed by atoms with Crippen LogP contribution in [0, 0.1) is 5.92 Å². The van der Waals surface area contributed by atoms with Gasteiger partial charge in [0.05, 0.1) is 30.0 Å². The van der Waals surface area contributed by atoms with Crippen LogP contribution >= 0.6 is 0 Å². The first-order valence-corrected chi connectivity index (χ1v) is 12.8. The van der Waals surface area contributed by atoms with Crippen molar-refractivity contribution in [1.82, 2.24) is 14.5 Å². The molecule has 0 bridgehead atoms. The van der Waals surface area contributed by atoms with Crippen molar-refractivity contribution in [3.63, 3.8) is 0 Å². The van der Waals surface area contributed by atoms with Gasteiger partial charge in [-0.25, -0.2) is 16.8 Å². The first-order chi connectivity index (χ1) is 12.6. The Hall–Kier alpha value is -0.910. The molecule has 0 radical (unpaired) electrons. The van der Waals surface area contributed by atoms with Gasteiger partial charge in [-0.1, -0.05) is 0 Å². The second-order valence-corrected chi connectivity index (χ2v) is 11.6. The van der Waals surface area contributed by atoms with E-state index >= 15 is 0 Å². The molecule has 2 fully saturated rings. The van der Waals surface area contributed by atoms with E-state index in [9.17, 15) is 16.8 Å². The first-order valence-electron chi connectivity index (χ1n) is 9.38. The van der Waals surface area contributed by atoms with Gasteiger partial charge >= 0.3 is 0 Å². The Morgan fingerprint density at radius 2 is 1.93 bits per heavy atom. The van der Waals surface area contributed by atoms with E-state index in [2.05, 4.69) is 10.3 Å². The zero-order chi connectivity index (χ0) is 20.1. The molecule has 2 aliphatic rings. The SMILES string of the molecule is CN=C(NCC1CCS(=O)(=O)C1)N1CCN(S(=O)(=O)CCOC(C)C)CC1. The van der Waals surface area contributed by atoms with Gasteiger partial charge in [0.1, 0.15) is 0 Å². The zero-order valence-electron chi connectivity index (χ0n) is 16.4. The van der Waals surface area contributed by atoms with Gasteiger partial charge in [0.2, 0.25) is 10.0 Å². The molecular weight excluding hydrogens is 392 g/mol. The number of aliphatic imine (C=N–C) groups is 1. The molecular formula is C16H32N4O5S2. The standard InChI is InChI=1S/C16H32N4O5S2/c1-14(2)25-9-11-27(23,24)20-7-5-19(6-8-20)16(17-3)18-12-15-4-10-26(21,22)13-15/h14-15H,4-13H2,1-3H3,(H,17,18). The van der Waals surface area contributed by atoms with Gasteiger partial charge in [-0.2, -0.15) is 4.31 Å². The number of sulfonamides is 1. The van der Waals surface area contributed by atoms with Crippen molar-refractivity contribution in [2.45, 2.75) is 26.4 Å². The number of nitrogens with zero attached hydrogens (tertiary/aromatic N) is 3. The summed E-state index contributed by atoms with van der Waals surface area (Å²) in [5.74, 6) is 1.28. The maximum atomic E-state index is 12.4. The lowest BCUT2D eigenvalue weighted by Gasteiger charge is -2.36. The third-order valence-electron chi connectivity index (χ3n) is 4.81. The van der Waals surface area contributed by atoms with Crippen molar-refractivity contribution >= 4 is 25.8 Å². The molecule has 27 heavy (non-hydrogen) atoms. The van der Waals surface area contributed by atoms with Crippen LogP contribution in [0.5, 0.6) is 0 Å². The number of hydrogen-bond acceptors (Lipinski definition) is 6. The lowest BCUT2D eigenvalue weighted by atomic mass is 10.1. The highest BCUT2D eigenvalue weighted by molar-refractivity contribution is 7.91. The molecule has 11 heteroatoms. The fourth-order valence-corrected chi connectivity index (χ4v) is 6.44. The van der Waals surface area contributed by atoms with E-state index in [1.807, 2.05) is 18.7 Å². The summed E-state index contributed by atoms with van der Waals surface area (Å²) in [5, 5.41) is 3.24. The number of ether oxygens (including phenoxy) is 1. The Morgan fingerprint density at radius 3 is 2.44 bits per heavy atom. The van der Waals surface area contributed by atoms with E-state index in [0.717, 1.165) is 0 Å². The van der Waals surface area contributed by atoms with Gasteiger partial charge in [0, 0.05) is 39.8 Å².